The van der Waals surface area contributed by atoms with E-state index < -0.39 is 17.0 Å². The van der Waals surface area contributed by atoms with E-state index in [1.54, 1.807) is 25.1 Å². The third-order valence-electron chi connectivity index (χ3n) is 5.44. The average molecular weight is 466 g/mol. The second kappa shape index (κ2) is 10.7. The zero-order chi connectivity index (χ0) is 24.8. The van der Waals surface area contributed by atoms with E-state index in [1.165, 1.54) is 32.4 Å². The summed E-state index contributed by atoms with van der Waals surface area (Å²) in [6.45, 7) is 7.32. The van der Waals surface area contributed by atoms with Gasteiger partial charge in [0.2, 0.25) is 5.78 Å². The van der Waals surface area contributed by atoms with Gasteiger partial charge in [-0.2, -0.15) is 0 Å². The van der Waals surface area contributed by atoms with E-state index in [1.807, 2.05) is 19.9 Å². The van der Waals surface area contributed by atoms with Gasteiger partial charge in [-0.3, -0.25) is 4.79 Å². The lowest BCUT2D eigenvalue weighted by molar-refractivity contribution is 0.103. The molecule has 0 fully saturated rings. The Morgan fingerprint density at radius 3 is 2.26 bits per heavy atom. The van der Waals surface area contributed by atoms with Crippen molar-refractivity contribution in [2.75, 3.05) is 32.2 Å². The predicted octanol–water partition coefficient (Wildman–Crippen LogP) is 4.27. The van der Waals surface area contributed by atoms with Gasteiger partial charge in [0, 0.05) is 42.4 Å². The highest BCUT2D eigenvalue weighted by Crippen LogP contribution is 2.23. The molecule has 0 aliphatic rings. The summed E-state index contributed by atoms with van der Waals surface area (Å²) in [5.74, 6) is -0.0596. The normalized spacial score (nSPS) is 10.5. The minimum Gasteiger partial charge on any atom is -0.497 e. The van der Waals surface area contributed by atoms with Crippen LogP contribution in [0.25, 0.3) is 11.0 Å². The second-order valence-electron chi connectivity index (χ2n) is 7.44. The van der Waals surface area contributed by atoms with E-state index in [2.05, 4.69) is 4.90 Å². The van der Waals surface area contributed by atoms with Gasteiger partial charge in [-0.15, -0.1) is 0 Å². The van der Waals surface area contributed by atoms with Gasteiger partial charge in [-0.05, 0) is 50.6 Å². The van der Waals surface area contributed by atoms with Gasteiger partial charge in [-0.1, -0.05) is 0 Å². The molecule has 8 heteroatoms. The zero-order valence-electron chi connectivity index (χ0n) is 19.8. The molecule has 0 spiro atoms. The fraction of sp³-hybridized carbons (Fsp3) is 0.269. The number of carbonyl (C=O) groups is 1. The average Bonchev–Trinajstić information content (AvgIpc) is 2.83. The highest BCUT2D eigenvalue weighted by Gasteiger charge is 2.20. The fourth-order valence-corrected chi connectivity index (χ4v) is 3.56. The summed E-state index contributed by atoms with van der Waals surface area (Å²) >= 11 is 0. The van der Waals surface area contributed by atoms with Crippen LogP contribution >= 0.6 is 0 Å². The van der Waals surface area contributed by atoms with Gasteiger partial charge in [0.25, 0.3) is 0 Å². The molecule has 0 N–H and O–H groups in total. The van der Waals surface area contributed by atoms with Crippen LogP contribution in [-0.4, -0.2) is 33.1 Å². The first kappa shape index (κ1) is 24.6. The number of ketones is 1. The molecular weight excluding hydrogens is 438 g/mol. The quantitative estimate of drug-likeness (QED) is 0.377. The molecule has 0 saturated carbocycles. The van der Waals surface area contributed by atoms with Crippen molar-refractivity contribution in [2.24, 2.45) is 0 Å². The minimum absolute atomic E-state index is 0.271. The van der Waals surface area contributed by atoms with Gasteiger partial charge in [0.1, 0.15) is 28.2 Å². The zero-order valence-corrected chi connectivity index (χ0v) is 19.8. The number of methoxy groups -OCH3 is 2. The molecule has 1 aromatic carbocycles. The Kier molecular flexibility index (Phi) is 7.73. The Labute approximate surface area is 196 Å². The molecule has 3 aromatic rings. The van der Waals surface area contributed by atoms with Crippen LogP contribution < -0.4 is 25.6 Å². The molecule has 178 valence electrons. The van der Waals surface area contributed by atoms with Crippen LogP contribution in [0.3, 0.4) is 0 Å². The molecule has 3 rings (SSSR count). The molecule has 0 amide bonds. The van der Waals surface area contributed by atoms with E-state index >= 15 is 0 Å². The standard InChI is InChI=1S/C26H27NO7/c1-6-27(7-2)18-9-8-17-13-21(26(30)34-23(17)14-18)24(28)20-12-16(3)22(32-5)15-19(31-4)10-11-33-25(20)29/h8-15H,6-7H2,1-5H3. The van der Waals surface area contributed by atoms with Gasteiger partial charge in [0.15, 0.2) is 0 Å². The SMILES string of the molecule is CCN(CC)c1ccc2cc(C(=O)c3cc(C)c(OC)cc(OC)ccoc3=O)c(=O)oc2c1. The van der Waals surface area contributed by atoms with Crippen molar-refractivity contribution in [2.45, 2.75) is 20.8 Å². The molecule has 34 heavy (non-hydrogen) atoms. The third-order valence-corrected chi connectivity index (χ3v) is 5.44. The van der Waals surface area contributed by atoms with E-state index in [0.717, 1.165) is 25.0 Å². The summed E-state index contributed by atoms with van der Waals surface area (Å²) in [5, 5.41) is 0.560. The van der Waals surface area contributed by atoms with Crippen LogP contribution in [0.1, 0.15) is 35.3 Å². The second-order valence-corrected chi connectivity index (χ2v) is 7.44. The molecule has 0 radical (unpaired) electrons. The topological polar surface area (TPSA) is 99.2 Å². The number of hydrogen-bond donors (Lipinski definition) is 0. The first-order chi connectivity index (χ1) is 16.3. The highest BCUT2D eigenvalue weighted by atomic mass is 16.5. The number of carbonyl (C=O) groups excluding carboxylic acids is 1. The molecular formula is C26H27NO7. The highest BCUT2D eigenvalue weighted by molar-refractivity contribution is 6.09. The van der Waals surface area contributed by atoms with Crippen molar-refractivity contribution in [1.29, 1.82) is 0 Å². The lowest BCUT2D eigenvalue weighted by atomic mass is 10.0. The molecule has 8 nitrogen and oxygen atoms in total. The predicted molar refractivity (Wildman–Crippen MR) is 130 cm³/mol. The van der Waals surface area contributed by atoms with Crippen molar-refractivity contribution >= 4 is 22.4 Å². The minimum atomic E-state index is -0.926. The number of ether oxygens (including phenoxy) is 2. The summed E-state index contributed by atoms with van der Waals surface area (Å²) in [6.07, 6.45) is 1.10. The van der Waals surface area contributed by atoms with Crippen LogP contribution in [0.5, 0.6) is 11.5 Å². The fourth-order valence-electron chi connectivity index (χ4n) is 3.56. The van der Waals surface area contributed by atoms with E-state index in [0.29, 0.717) is 28.0 Å². The summed E-state index contributed by atoms with van der Waals surface area (Å²) < 4.78 is 21.1. The van der Waals surface area contributed by atoms with Crippen molar-refractivity contribution in [3.05, 3.63) is 86.3 Å². The third kappa shape index (κ3) is 5.11. The summed E-state index contributed by atoms with van der Waals surface area (Å²) in [4.78, 5) is 40.9. The van der Waals surface area contributed by atoms with Gasteiger partial charge < -0.3 is 23.2 Å². The molecule has 0 unspecified atom stereocenters. The Balaban J connectivity index is 2.20. The van der Waals surface area contributed by atoms with Crippen LogP contribution in [0.4, 0.5) is 5.69 Å². The van der Waals surface area contributed by atoms with Crippen molar-refractivity contribution in [3.8, 4) is 11.5 Å². The Hall–Kier alpha value is -4.07. The van der Waals surface area contributed by atoms with Crippen LogP contribution in [0, 0.1) is 6.92 Å². The Morgan fingerprint density at radius 2 is 1.62 bits per heavy atom. The molecule has 0 saturated heterocycles. The largest absolute Gasteiger partial charge is 0.497 e. The molecule has 0 bridgehead atoms. The maximum absolute atomic E-state index is 13.3. The number of benzene rings is 1. The summed E-state index contributed by atoms with van der Waals surface area (Å²) in [6, 6.07) is 11.2. The molecule has 2 aromatic heterocycles. The molecule has 0 aliphatic heterocycles. The molecule has 0 aliphatic carbocycles. The Morgan fingerprint density at radius 1 is 0.912 bits per heavy atom. The summed E-state index contributed by atoms with van der Waals surface area (Å²) in [5.41, 5.74) is -0.658. The smallest absolute Gasteiger partial charge is 0.347 e. The number of aryl methyl sites for hydroxylation is 1. The number of hydrogen-bond acceptors (Lipinski definition) is 8. The lowest BCUT2D eigenvalue weighted by Gasteiger charge is -2.20. The first-order valence-electron chi connectivity index (χ1n) is 10.8. The maximum Gasteiger partial charge on any atom is 0.347 e. The van der Waals surface area contributed by atoms with Gasteiger partial charge in [0.05, 0.1) is 20.5 Å². The number of nitrogens with zero attached hydrogens (tertiary/aromatic N) is 1. The van der Waals surface area contributed by atoms with Crippen molar-refractivity contribution in [1.82, 2.24) is 0 Å². The summed E-state index contributed by atoms with van der Waals surface area (Å²) in [7, 11) is 2.91. The van der Waals surface area contributed by atoms with Crippen molar-refractivity contribution in [3.63, 3.8) is 0 Å². The Bertz CT molecular complexity index is 1380. The number of rotatable bonds is 7. The van der Waals surface area contributed by atoms with E-state index in [4.69, 9.17) is 18.3 Å². The van der Waals surface area contributed by atoms with E-state index in [-0.39, 0.29) is 11.1 Å². The number of anilines is 1. The monoisotopic (exact) mass is 465 g/mol. The molecule has 0 atom stereocenters. The van der Waals surface area contributed by atoms with Crippen molar-refractivity contribution < 1.29 is 23.1 Å². The van der Waals surface area contributed by atoms with Crippen LogP contribution in [-0.2, 0) is 0 Å². The van der Waals surface area contributed by atoms with Gasteiger partial charge in [-0.25, -0.2) is 9.59 Å². The maximum atomic E-state index is 13.3. The molecule has 2 heterocycles. The van der Waals surface area contributed by atoms with Crippen LogP contribution in [0.15, 0.2) is 67.2 Å². The van der Waals surface area contributed by atoms with Crippen LogP contribution in [0.2, 0.25) is 0 Å². The lowest BCUT2D eigenvalue weighted by Crippen LogP contribution is -2.22. The number of fused-ring (bicyclic) bond motifs is 1. The van der Waals surface area contributed by atoms with E-state index in [9.17, 15) is 14.4 Å². The van der Waals surface area contributed by atoms with Gasteiger partial charge >= 0.3 is 11.3 Å². The first-order valence-corrected chi connectivity index (χ1v) is 10.8.